The molecule has 1 atom stereocenters. The summed E-state index contributed by atoms with van der Waals surface area (Å²) in [5.41, 5.74) is 0. The van der Waals surface area contributed by atoms with Gasteiger partial charge in [0.25, 0.3) is 0 Å². The first-order valence-corrected chi connectivity index (χ1v) is 4.37. The molecule has 1 saturated heterocycles. The van der Waals surface area contributed by atoms with Gasteiger partial charge in [0.05, 0.1) is 13.7 Å². The molecule has 1 aromatic rings. The molecule has 0 spiro atoms. The highest BCUT2D eigenvalue weighted by atomic mass is 19.1. The maximum atomic E-state index is 12.8. The molecule has 1 aliphatic heterocycles. The number of hydrogen-bond donors (Lipinski definition) is 0. The summed E-state index contributed by atoms with van der Waals surface area (Å²) in [7, 11) is 1.48. The second-order valence-electron chi connectivity index (χ2n) is 3.06. The first-order chi connectivity index (χ1) is 6.79. The van der Waals surface area contributed by atoms with Crippen LogP contribution in [0.15, 0.2) is 18.2 Å². The van der Waals surface area contributed by atoms with Gasteiger partial charge in [-0.2, -0.15) is 0 Å². The van der Waals surface area contributed by atoms with E-state index >= 15 is 0 Å². The second kappa shape index (κ2) is 3.84. The molecule has 14 heavy (non-hydrogen) atoms. The minimum absolute atomic E-state index is 0.185. The molecule has 1 aromatic carbocycles. The van der Waals surface area contributed by atoms with Crippen molar-refractivity contribution in [2.45, 2.75) is 6.10 Å². The van der Waals surface area contributed by atoms with Crippen molar-refractivity contribution in [3.8, 4) is 11.5 Å². The number of methoxy groups -OCH3 is 1. The van der Waals surface area contributed by atoms with Crippen LogP contribution in [0.5, 0.6) is 11.5 Å². The van der Waals surface area contributed by atoms with Crippen LogP contribution in [0.1, 0.15) is 0 Å². The van der Waals surface area contributed by atoms with Crippen molar-refractivity contribution in [2.24, 2.45) is 0 Å². The lowest BCUT2D eigenvalue weighted by atomic mass is 10.3. The molecule has 0 aromatic heterocycles. The molecule has 1 heterocycles. The summed E-state index contributed by atoms with van der Waals surface area (Å²) in [5, 5.41) is 0. The standard InChI is InChI=1S/C10H11FO3/c1-12-10-4-7(11)2-3-9(10)14-6-8-5-13-8/h2-4,8H,5-6H2,1H3/t8-/m1/s1. The highest BCUT2D eigenvalue weighted by Gasteiger charge is 2.23. The largest absolute Gasteiger partial charge is 0.493 e. The summed E-state index contributed by atoms with van der Waals surface area (Å²) in [4.78, 5) is 0. The second-order valence-corrected chi connectivity index (χ2v) is 3.06. The Balaban J connectivity index is 2.05. The SMILES string of the molecule is COc1cc(F)ccc1OC[C@H]1CO1. The lowest BCUT2D eigenvalue weighted by molar-refractivity contribution is 0.251. The van der Waals surface area contributed by atoms with Gasteiger partial charge >= 0.3 is 0 Å². The molecule has 0 bridgehead atoms. The lowest BCUT2D eigenvalue weighted by Crippen LogP contribution is -2.05. The number of halogens is 1. The Labute approximate surface area is 81.4 Å². The molecular weight excluding hydrogens is 187 g/mol. The van der Waals surface area contributed by atoms with Gasteiger partial charge < -0.3 is 14.2 Å². The topological polar surface area (TPSA) is 31.0 Å². The molecule has 3 nitrogen and oxygen atoms in total. The number of ether oxygens (including phenoxy) is 3. The van der Waals surface area contributed by atoms with Crippen molar-refractivity contribution in [2.75, 3.05) is 20.3 Å². The van der Waals surface area contributed by atoms with Gasteiger partial charge in [0.1, 0.15) is 18.5 Å². The molecule has 1 fully saturated rings. The zero-order valence-electron chi connectivity index (χ0n) is 7.83. The van der Waals surface area contributed by atoms with E-state index < -0.39 is 0 Å². The monoisotopic (exact) mass is 198 g/mol. The Morgan fingerprint density at radius 2 is 2.29 bits per heavy atom. The fraction of sp³-hybridized carbons (Fsp3) is 0.400. The Kier molecular flexibility index (Phi) is 2.54. The summed E-state index contributed by atoms with van der Waals surface area (Å²) in [5.74, 6) is 0.618. The van der Waals surface area contributed by atoms with Crippen LogP contribution in [-0.2, 0) is 4.74 Å². The number of benzene rings is 1. The predicted molar refractivity (Wildman–Crippen MR) is 48.2 cm³/mol. The normalized spacial score (nSPS) is 19.1. The van der Waals surface area contributed by atoms with E-state index in [1.54, 1.807) is 6.07 Å². The Hall–Kier alpha value is -1.29. The maximum Gasteiger partial charge on any atom is 0.163 e. The molecule has 0 radical (unpaired) electrons. The van der Waals surface area contributed by atoms with E-state index in [0.717, 1.165) is 6.61 Å². The third-order valence-electron chi connectivity index (χ3n) is 1.95. The zero-order chi connectivity index (χ0) is 9.97. The van der Waals surface area contributed by atoms with Crippen LogP contribution in [0, 0.1) is 5.82 Å². The van der Waals surface area contributed by atoms with Crippen molar-refractivity contribution in [3.05, 3.63) is 24.0 Å². The van der Waals surface area contributed by atoms with Gasteiger partial charge in [-0.05, 0) is 12.1 Å². The van der Waals surface area contributed by atoms with E-state index in [-0.39, 0.29) is 11.9 Å². The average molecular weight is 198 g/mol. The minimum atomic E-state index is -0.336. The van der Waals surface area contributed by atoms with E-state index in [1.807, 2.05) is 0 Å². The molecule has 0 unspecified atom stereocenters. The summed E-state index contributed by atoms with van der Waals surface area (Å²) in [6.07, 6.45) is 0.185. The van der Waals surface area contributed by atoms with E-state index in [4.69, 9.17) is 14.2 Å². The Bertz CT molecular complexity index is 323. The number of rotatable bonds is 4. The van der Waals surface area contributed by atoms with E-state index in [9.17, 15) is 4.39 Å². The maximum absolute atomic E-state index is 12.8. The van der Waals surface area contributed by atoms with E-state index in [1.165, 1.54) is 19.2 Å². The van der Waals surface area contributed by atoms with Crippen LogP contribution in [0.2, 0.25) is 0 Å². The van der Waals surface area contributed by atoms with E-state index in [2.05, 4.69) is 0 Å². The Morgan fingerprint density at radius 3 is 2.93 bits per heavy atom. The fourth-order valence-corrected chi connectivity index (χ4v) is 1.11. The van der Waals surface area contributed by atoms with Gasteiger partial charge in [0.15, 0.2) is 11.5 Å². The zero-order valence-corrected chi connectivity index (χ0v) is 7.83. The number of epoxide rings is 1. The minimum Gasteiger partial charge on any atom is -0.493 e. The molecule has 4 heteroatoms. The van der Waals surface area contributed by atoms with Gasteiger partial charge in [0.2, 0.25) is 0 Å². The van der Waals surface area contributed by atoms with Gasteiger partial charge in [0, 0.05) is 6.07 Å². The quantitative estimate of drug-likeness (QED) is 0.689. The lowest BCUT2D eigenvalue weighted by Gasteiger charge is -2.09. The van der Waals surface area contributed by atoms with Crippen LogP contribution < -0.4 is 9.47 Å². The molecule has 0 N–H and O–H groups in total. The van der Waals surface area contributed by atoms with Crippen molar-refractivity contribution in [1.29, 1.82) is 0 Å². The highest BCUT2D eigenvalue weighted by molar-refractivity contribution is 5.39. The molecule has 2 rings (SSSR count). The highest BCUT2D eigenvalue weighted by Crippen LogP contribution is 2.28. The van der Waals surface area contributed by atoms with Crippen molar-refractivity contribution < 1.29 is 18.6 Å². The predicted octanol–water partition coefficient (Wildman–Crippen LogP) is 1.61. The van der Waals surface area contributed by atoms with Crippen LogP contribution >= 0.6 is 0 Å². The van der Waals surface area contributed by atoms with Gasteiger partial charge in [-0.25, -0.2) is 4.39 Å². The third-order valence-corrected chi connectivity index (χ3v) is 1.95. The summed E-state index contributed by atoms with van der Waals surface area (Å²) in [6, 6.07) is 4.19. The average Bonchev–Trinajstić information content (AvgIpc) is 2.99. The van der Waals surface area contributed by atoms with E-state index in [0.29, 0.717) is 18.1 Å². The van der Waals surface area contributed by atoms with Crippen LogP contribution in [-0.4, -0.2) is 26.4 Å². The van der Waals surface area contributed by atoms with Gasteiger partial charge in [-0.1, -0.05) is 0 Å². The summed E-state index contributed by atoms with van der Waals surface area (Å²) >= 11 is 0. The first kappa shape index (κ1) is 9.27. The Morgan fingerprint density at radius 1 is 1.50 bits per heavy atom. The molecule has 76 valence electrons. The molecular formula is C10H11FO3. The fourth-order valence-electron chi connectivity index (χ4n) is 1.11. The van der Waals surface area contributed by atoms with Gasteiger partial charge in [-0.3, -0.25) is 0 Å². The van der Waals surface area contributed by atoms with Crippen molar-refractivity contribution >= 4 is 0 Å². The molecule has 0 amide bonds. The van der Waals surface area contributed by atoms with Crippen molar-refractivity contribution in [1.82, 2.24) is 0 Å². The smallest absolute Gasteiger partial charge is 0.163 e. The molecule has 0 saturated carbocycles. The number of hydrogen-bond acceptors (Lipinski definition) is 3. The van der Waals surface area contributed by atoms with Crippen LogP contribution in [0.4, 0.5) is 4.39 Å². The van der Waals surface area contributed by atoms with Crippen molar-refractivity contribution in [3.63, 3.8) is 0 Å². The summed E-state index contributed by atoms with van der Waals surface area (Å²) in [6.45, 7) is 1.23. The summed E-state index contributed by atoms with van der Waals surface area (Å²) < 4.78 is 28.1. The van der Waals surface area contributed by atoms with Gasteiger partial charge in [-0.15, -0.1) is 0 Å². The van der Waals surface area contributed by atoms with Crippen LogP contribution in [0.3, 0.4) is 0 Å². The molecule has 0 aliphatic carbocycles. The van der Waals surface area contributed by atoms with Crippen LogP contribution in [0.25, 0.3) is 0 Å². The molecule has 1 aliphatic rings. The third kappa shape index (κ3) is 2.14. The first-order valence-electron chi connectivity index (χ1n) is 4.37.